The van der Waals surface area contributed by atoms with Gasteiger partial charge in [-0.1, -0.05) is 6.07 Å². The van der Waals surface area contributed by atoms with E-state index in [1.54, 1.807) is 6.20 Å². The molecule has 0 saturated carbocycles. The summed E-state index contributed by atoms with van der Waals surface area (Å²) < 4.78 is 0. The zero-order valence-corrected chi connectivity index (χ0v) is 8.06. The normalized spacial score (nSPS) is 22.4. The van der Waals surface area contributed by atoms with Gasteiger partial charge in [0.2, 0.25) is 0 Å². The molecular formula is C10H15N3O. The highest BCUT2D eigenvalue weighted by molar-refractivity contribution is 5.38. The van der Waals surface area contributed by atoms with Crippen molar-refractivity contribution < 1.29 is 5.11 Å². The van der Waals surface area contributed by atoms with Crippen LogP contribution in [0.5, 0.6) is 0 Å². The third kappa shape index (κ3) is 2.02. The van der Waals surface area contributed by atoms with E-state index in [2.05, 4.69) is 15.2 Å². The second-order valence-electron chi connectivity index (χ2n) is 3.47. The van der Waals surface area contributed by atoms with Gasteiger partial charge in [-0.15, -0.1) is 0 Å². The molecule has 0 spiro atoms. The van der Waals surface area contributed by atoms with Crippen LogP contribution in [0.25, 0.3) is 0 Å². The zero-order chi connectivity index (χ0) is 9.80. The Kier molecular flexibility index (Phi) is 2.96. The Bertz CT molecular complexity index is 278. The predicted octanol–water partition coefficient (Wildman–Crippen LogP) is -0.148. The zero-order valence-electron chi connectivity index (χ0n) is 8.06. The van der Waals surface area contributed by atoms with E-state index in [9.17, 15) is 0 Å². The molecule has 2 heterocycles. The molecule has 0 unspecified atom stereocenters. The summed E-state index contributed by atoms with van der Waals surface area (Å²) in [5.74, 6) is 0.993. The van der Waals surface area contributed by atoms with Gasteiger partial charge in [0.1, 0.15) is 5.82 Å². The summed E-state index contributed by atoms with van der Waals surface area (Å²) >= 11 is 0. The first-order valence-electron chi connectivity index (χ1n) is 4.90. The third-order valence-electron chi connectivity index (χ3n) is 2.45. The number of aliphatic hydroxyl groups is 1. The number of pyridine rings is 1. The number of aliphatic hydroxyl groups excluding tert-OH is 1. The van der Waals surface area contributed by atoms with Crippen LogP contribution in [0.2, 0.25) is 0 Å². The lowest BCUT2D eigenvalue weighted by Gasteiger charge is -2.33. The van der Waals surface area contributed by atoms with Crippen molar-refractivity contribution in [1.29, 1.82) is 0 Å². The molecule has 2 N–H and O–H groups in total. The fraction of sp³-hybridized carbons (Fsp3) is 0.500. The number of nitrogens with one attached hydrogen (secondary N) is 1. The van der Waals surface area contributed by atoms with E-state index in [-0.39, 0.29) is 12.6 Å². The Labute approximate surface area is 83.6 Å². The number of hydrogen-bond donors (Lipinski definition) is 2. The standard InChI is InChI=1S/C10H15N3O/c14-8-9-7-13(6-5-11-9)10-3-1-2-4-12-10/h1-4,9,11,14H,5-8H2/t9-/m1/s1. The summed E-state index contributed by atoms with van der Waals surface area (Å²) in [7, 11) is 0. The molecule has 1 atom stereocenters. The highest BCUT2D eigenvalue weighted by atomic mass is 16.3. The van der Waals surface area contributed by atoms with Crippen LogP contribution in [0.1, 0.15) is 0 Å². The molecule has 2 rings (SSSR count). The van der Waals surface area contributed by atoms with Gasteiger partial charge in [0, 0.05) is 31.9 Å². The summed E-state index contributed by atoms with van der Waals surface area (Å²) in [6.07, 6.45) is 1.80. The number of nitrogens with zero attached hydrogens (tertiary/aromatic N) is 2. The molecule has 0 aromatic carbocycles. The van der Waals surface area contributed by atoms with E-state index in [4.69, 9.17) is 5.11 Å². The van der Waals surface area contributed by atoms with Crippen LogP contribution < -0.4 is 10.2 Å². The lowest BCUT2D eigenvalue weighted by Crippen LogP contribution is -2.52. The number of hydrogen-bond acceptors (Lipinski definition) is 4. The smallest absolute Gasteiger partial charge is 0.128 e. The van der Waals surface area contributed by atoms with Gasteiger partial charge in [-0.25, -0.2) is 4.98 Å². The number of anilines is 1. The molecule has 0 bridgehead atoms. The van der Waals surface area contributed by atoms with Crippen LogP contribution in [0.4, 0.5) is 5.82 Å². The van der Waals surface area contributed by atoms with Gasteiger partial charge in [0.15, 0.2) is 0 Å². The van der Waals surface area contributed by atoms with Crippen molar-refractivity contribution in [3.05, 3.63) is 24.4 Å². The number of rotatable bonds is 2. The number of aromatic nitrogens is 1. The lowest BCUT2D eigenvalue weighted by molar-refractivity contribution is 0.235. The van der Waals surface area contributed by atoms with Gasteiger partial charge < -0.3 is 15.3 Å². The molecule has 1 aliphatic heterocycles. The third-order valence-corrected chi connectivity index (χ3v) is 2.45. The summed E-state index contributed by atoms with van der Waals surface area (Å²) in [5, 5.41) is 12.3. The molecule has 4 nitrogen and oxygen atoms in total. The first kappa shape index (κ1) is 9.43. The van der Waals surface area contributed by atoms with Crippen molar-refractivity contribution in [2.24, 2.45) is 0 Å². The SMILES string of the molecule is OC[C@H]1CN(c2ccccn2)CCN1. The minimum atomic E-state index is 0.172. The molecule has 1 aliphatic rings. The summed E-state index contributed by atoms with van der Waals surface area (Å²) in [6, 6.07) is 6.07. The van der Waals surface area contributed by atoms with E-state index >= 15 is 0 Å². The second kappa shape index (κ2) is 4.39. The maximum atomic E-state index is 9.05. The second-order valence-corrected chi connectivity index (χ2v) is 3.47. The van der Waals surface area contributed by atoms with Crippen molar-refractivity contribution in [3.8, 4) is 0 Å². The van der Waals surface area contributed by atoms with Crippen LogP contribution in [-0.2, 0) is 0 Å². The van der Waals surface area contributed by atoms with Crippen molar-refractivity contribution >= 4 is 5.82 Å². The Morgan fingerprint density at radius 1 is 1.57 bits per heavy atom. The molecule has 0 radical (unpaired) electrons. The van der Waals surface area contributed by atoms with E-state index in [0.29, 0.717) is 0 Å². The molecule has 1 saturated heterocycles. The van der Waals surface area contributed by atoms with Crippen molar-refractivity contribution in [2.45, 2.75) is 6.04 Å². The van der Waals surface area contributed by atoms with E-state index < -0.39 is 0 Å². The molecule has 1 fully saturated rings. The Balaban J connectivity index is 2.04. The Morgan fingerprint density at radius 2 is 2.50 bits per heavy atom. The summed E-state index contributed by atoms with van der Waals surface area (Å²) in [5.41, 5.74) is 0. The molecule has 14 heavy (non-hydrogen) atoms. The quantitative estimate of drug-likeness (QED) is 0.686. The minimum absolute atomic E-state index is 0.172. The predicted molar refractivity (Wildman–Crippen MR) is 55.3 cm³/mol. The molecule has 0 amide bonds. The van der Waals surface area contributed by atoms with Gasteiger partial charge in [0.05, 0.1) is 6.61 Å². The van der Waals surface area contributed by atoms with Crippen molar-refractivity contribution in [3.63, 3.8) is 0 Å². The maximum Gasteiger partial charge on any atom is 0.128 e. The van der Waals surface area contributed by atoms with Gasteiger partial charge >= 0.3 is 0 Å². The van der Waals surface area contributed by atoms with Gasteiger partial charge in [0.25, 0.3) is 0 Å². The summed E-state index contributed by atoms with van der Waals surface area (Å²) in [6.45, 7) is 2.87. The van der Waals surface area contributed by atoms with Crippen LogP contribution in [0, 0.1) is 0 Å². The van der Waals surface area contributed by atoms with E-state index in [1.807, 2.05) is 18.2 Å². The fourth-order valence-electron chi connectivity index (χ4n) is 1.70. The van der Waals surface area contributed by atoms with Gasteiger partial charge in [-0.2, -0.15) is 0 Å². The van der Waals surface area contributed by atoms with Gasteiger partial charge in [-0.3, -0.25) is 0 Å². The lowest BCUT2D eigenvalue weighted by atomic mass is 10.2. The molecular weight excluding hydrogens is 178 g/mol. The van der Waals surface area contributed by atoms with Gasteiger partial charge in [-0.05, 0) is 12.1 Å². The molecule has 76 valence electrons. The highest BCUT2D eigenvalue weighted by Gasteiger charge is 2.18. The fourth-order valence-corrected chi connectivity index (χ4v) is 1.70. The van der Waals surface area contributed by atoms with E-state index in [1.165, 1.54) is 0 Å². The van der Waals surface area contributed by atoms with Crippen LogP contribution >= 0.6 is 0 Å². The largest absolute Gasteiger partial charge is 0.395 e. The topological polar surface area (TPSA) is 48.4 Å². The van der Waals surface area contributed by atoms with Crippen molar-refractivity contribution in [2.75, 3.05) is 31.1 Å². The first-order valence-corrected chi connectivity index (χ1v) is 4.90. The average molecular weight is 193 g/mol. The molecule has 1 aromatic heterocycles. The monoisotopic (exact) mass is 193 g/mol. The average Bonchev–Trinajstić information content (AvgIpc) is 2.30. The molecule has 0 aliphatic carbocycles. The molecule has 1 aromatic rings. The Morgan fingerprint density at radius 3 is 3.21 bits per heavy atom. The van der Waals surface area contributed by atoms with Crippen LogP contribution in [0.3, 0.4) is 0 Å². The minimum Gasteiger partial charge on any atom is -0.395 e. The van der Waals surface area contributed by atoms with Crippen LogP contribution in [0.15, 0.2) is 24.4 Å². The van der Waals surface area contributed by atoms with E-state index in [0.717, 1.165) is 25.5 Å². The molecule has 4 heteroatoms. The Hall–Kier alpha value is -1.13. The summed E-state index contributed by atoms with van der Waals surface area (Å²) in [4.78, 5) is 6.48. The number of piperazine rings is 1. The van der Waals surface area contributed by atoms with Crippen LogP contribution in [-0.4, -0.2) is 42.4 Å². The maximum absolute atomic E-state index is 9.05. The highest BCUT2D eigenvalue weighted by Crippen LogP contribution is 2.11. The first-order chi connectivity index (χ1) is 6.90. The van der Waals surface area contributed by atoms with Crippen molar-refractivity contribution in [1.82, 2.24) is 10.3 Å².